The Morgan fingerprint density at radius 2 is 2.05 bits per heavy atom. The van der Waals surface area contributed by atoms with Crippen molar-refractivity contribution in [3.63, 3.8) is 0 Å². The third-order valence-corrected chi connectivity index (χ3v) is 3.75. The van der Waals surface area contributed by atoms with Crippen molar-refractivity contribution in [2.75, 3.05) is 6.61 Å². The molecule has 0 spiro atoms. The third-order valence-electron chi connectivity index (χ3n) is 3.75. The van der Waals surface area contributed by atoms with Gasteiger partial charge < -0.3 is 9.84 Å². The molecule has 5 nitrogen and oxygen atoms in total. The van der Waals surface area contributed by atoms with Crippen LogP contribution in [0.4, 0.5) is 0 Å². The Morgan fingerprint density at radius 3 is 2.75 bits per heavy atom. The summed E-state index contributed by atoms with van der Waals surface area (Å²) >= 11 is 0. The number of ether oxygens (including phenoxy) is 1. The fourth-order valence-corrected chi connectivity index (χ4v) is 2.81. The number of aromatic carboxylic acids is 1. The Kier molecular flexibility index (Phi) is 2.78. The number of hydrogen-bond donors (Lipinski definition) is 1. The number of hydrogen-bond acceptors (Lipinski definition) is 3. The second kappa shape index (κ2) is 4.37. The summed E-state index contributed by atoms with van der Waals surface area (Å²) in [7, 11) is 1.78. The van der Waals surface area contributed by atoms with Gasteiger partial charge in [0, 0.05) is 24.6 Å². The van der Waals surface area contributed by atoms with Gasteiger partial charge in [-0.25, -0.2) is 4.79 Å². The van der Waals surface area contributed by atoms with Crippen molar-refractivity contribution in [3.8, 4) is 17.0 Å². The monoisotopic (exact) mass is 272 g/mol. The summed E-state index contributed by atoms with van der Waals surface area (Å²) < 4.78 is 7.51. The Hall–Kier alpha value is -2.30. The fourth-order valence-electron chi connectivity index (χ4n) is 2.81. The highest BCUT2D eigenvalue weighted by molar-refractivity contribution is 5.91. The molecule has 5 heteroatoms. The van der Waals surface area contributed by atoms with Crippen LogP contribution in [0, 0.1) is 13.8 Å². The average Bonchev–Trinajstić information content (AvgIpc) is 2.60. The molecule has 1 aromatic heterocycles. The molecule has 0 saturated carbocycles. The summed E-state index contributed by atoms with van der Waals surface area (Å²) in [6, 6.07) is 4.05. The molecule has 0 unspecified atom stereocenters. The highest BCUT2D eigenvalue weighted by atomic mass is 16.5. The highest BCUT2D eigenvalue weighted by Crippen LogP contribution is 2.40. The van der Waals surface area contributed by atoms with E-state index in [1.165, 1.54) is 0 Å². The first-order valence-corrected chi connectivity index (χ1v) is 6.53. The number of fused-ring (bicyclic) bond motifs is 3. The van der Waals surface area contributed by atoms with E-state index in [0.29, 0.717) is 13.0 Å². The maximum atomic E-state index is 11.3. The zero-order valence-electron chi connectivity index (χ0n) is 11.7. The van der Waals surface area contributed by atoms with Crippen LogP contribution >= 0.6 is 0 Å². The number of nitrogens with zero attached hydrogens (tertiary/aromatic N) is 2. The van der Waals surface area contributed by atoms with Gasteiger partial charge >= 0.3 is 5.97 Å². The van der Waals surface area contributed by atoms with Crippen LogP contribution in [-0.4, -0.2) is 27.5 Å². The van der Waals surface area contributed by atoms with Gasteiger partial charge in [0.05, 0.1) is 12.3 Å². The van der Waals surface area contributed by atoms with E-state index in [1.807, 2.05) is 26.0 Å². The minimum Gasteiger partial charge on any atom is -0.492 e. The van der Waals surface area contributed by atoms with Crippen LogP contribution in [0.25, 0.3) is 11.3 Å². The lowest BCUT2D eigenvalue weighted by molar-refractivity contribution is 0.0688. The van der Waals surface area contributed by atoms with Crippen molar-refractivity contribution in [1.29, 1.82) is 0 Å². The summed E-state index contributed by atoms with van der Waals surface area (Å²) in [5.41, 5.74) is 4.81. The van der Waals surface area contributed by atoms with Crippen LogP contribution in [0.1, 0.15) is 27.2 Å². The molecular weight excluding hydrogens is 256 g/mol. The van der Waals surface area contributed by atoms with E-state index in [1.54, 1.807) is 11.7 Å². The van der Waals surface area contributed by atoms with Gasteiger partial charge in [-0.2, -0.15) is 5.10 Å². The molecule has 0 saturated heterocycles. The lowest BCUT2D eigenvalue weighted by Crippen LogP contribution is -2.06. The number of carboxylic acids is 1. The Bertz CT molecular complexity index is 716. The molecule has 1 aliphatic rings. The Morgan fingerprint density at radius 1 is 1.35 bits per heavy atom. The maximum Gasteiger partial charge on any atom is 0.356 e. The summed E-state index contributed by atoms with van der Waals surface area (Å²) in [6.07, 6.45) is 0.554. The van der Waals surface area contributed by atoms with Crippen molar-refractivity contribution >= 4 is 5.97 Å². The van der Waals surface area contributed by atoms with Crippen molar-refractivity contribution in [2.24, 2.45) is 7.05 Å². The molecule has 0 aliphatic carbocycles. The molecular formula is C15H16N2O3. The second-order valence-corrected chi connectivity index (χ2v) is 5.11. The van der Waals surface area contributed by atoms with Gasteiger partial charge in [-0.15, -0.1) is 0 Å². The molecule has 0 atom stereocenters. The number of aryl methyl sites for hydroxylation is 3. The largest absolute Gasteiger partial charge is 0.492 e. The molecule has 3 rings (SSSR count). The predicted molar refractivity (Wildman–Crippen MR) is 74.3 cm³/mol. The topological polar surface area (TPSA) is 64.3 Å². The van der Waals surface area contributed by atoms with Crippen molar-refractivity contribution < 1.29 is 14.6 Å². The van der Waals surface area contributed by atoms with Gasteiger partial charge in [-0.3, -0.25) is 4.68 Å². The SMILES string of the molecule is Cc1ccc(C)c2c1OCCc1c(C(=O)O)nn(C)c1-2. The Balaban J connectivity index is 2.38. The van der Waals surface area contributed by atoms with Gasteiger partial charge in [0.15, 0.2) is 5.69 Å². The molecule has 0 bridgehead atoms. The van der Waals surface area contributed by atoms with Crippen LogP contribution < -0.4 is 4.74 Å². The molecule has 1 aliphatic heterocycles. The number of carboxylic acid groups (broad SMARTS) is 1. The van der Waals surface area contributed by atoms with Gasteiger partial charge in [-0.05, 0) is 25.0 Å². The minimum absolute atomic E-state index is 0.125. The predicted octanol–water partition coefficient (Wildman–Crippen LogP) is 2.34. The molecule has 2 aromatic rings. The molecule has 1 N–H and O–H groups in total. The van der Waals surface area contributed by atoms with Crippen LogP contribution in [0.2, 0.25) is 0 Å². The van der Waals surface area contributed by atoms with Crippen LogP contribution in [-0.2, 0) is 13.5 Å². The van der Waals surface area contributed by atoms with Crippen molar-refractivity contribution in [2.45, 2.75) is 20.3 Å². The lowest BCUT2D eigenvalue weighted by atomic mass is 9.97. The highest BCUT2D eigenvalue weighted by Gasteiger charge is 2.28. The van der Waals surface area contributed by atoms with Crippen LogP contribution in [0.15, 0.2) is 12.1 Å². The lowest BCUT2D eigenvalue weighted by Gasteiger charge is -2.14. The zero-order valence-corrected chi connectivity index (χ0v) is 11.7. The maximum absolute atomic E-state index is 11.3. The smallest absolute Gasteiger partial charge is 0.356 e. The molecule has 0 radical (unpaired) electrons. The summed E-state index contributed by atoms with van der Waals surface area (Å²) in [4.78, 5) is 11.3. The van der Waals surface area contributed by atoms with E-state index in [-0.39, 0.29) is 5.69 Å². The molecule has 2 heterocycles. The zero-order chi connectivity index (χ0) is 14.4. The fraction of sp³-hybridized carbons (Fsp3) is 0.333. The summed E-state index contributed by atoms with van der Waals surface area (Å²) in [5, 5.41) is 13.5. The van der Waals surface area contributed by atoms with E-state index >= 15 is 0 Å². The summed E-state index contributed by atoms with van der Waals surface area (Å²) in [6.45, 7) is 4.47. The normalized spacial score (nSPS) is 13.2. The van der Waals surface area contributed by atoms with Gasteiger partial charge in [-0.1, -0.05) is 12.1 Å². The van der Waals surface area contributed by atoms with E-state index in [9.17, 15) is 9.90 Å². The van der Waals surface area contributed by atoms with E-state index < -0.39 is 5.97 Å². The third kappa shape index (κ3) is 1.70. The molecule has 0 fully saturated rings. The Labute approximate surface area is 116 Å². The van der Waals surface area contributed by atoms with E-state index in [2.05, 4.69) is 5.10 Å². The summed E-state index contributed by atoms with van der Waals surface area (Å²) in [5.74, 6) is -0.153. The second-order valence-electron chi connectivity index (χ2n) is 5.11. The molecule has 0 amide bonds. The van der Waals surface area contributed by atoms with Crippen LogP contribution in [0.3, 0.4) is 0 Å². The average molecular weight is 272 g/mol. The minimum atomic E-state index is -0.990. The first-order chi connectivity index (χ1) is 9.50. The molecule has 20 heavy (non-hydrogen) atoms. The number of aromatic nitrogens is 2. The van der Waals surface area contributed by atoms with Gasteiger partial charge in [0.1, 0.15) is 5.75 Å². The quantitative estimate of drug-likeness (QED) is 0.865. The van der Waals surface area contributed by atoms with Crippen LogP contribution in [0.5, 0.6) is 5.75 Å². The number of rotatable bonds is 1. The number of carbonyl (C=O) groups is 1. The molecule has 1 aromatic carbocycles. The number of benzene rings is 1. The van der Waals surface area contributed by atoms with E-state index in [4.69, 9.17) is 4.74 Å². The van der Waals surface area contributed by atoms with Gasteiger partial charge in [0.25, 0.3) is 0 Å². The first kappa shape index (κ1) is 12.7. The van der Waals surface area contributed by atoms with Crippen molar-refractivity contribution in [1.82, 2.24) is 9.78 Å². The van der Waals surface area contributed by atoms with Crippen molar-refractivity contribution in [3.05, 3.63) is 34.5 Å². The van der Waals surface area contributed by atoms with Gasteiger partial charge in [0.2, 0.25) is 0 Å². The van der Waals surface area contributed by atoms with E-state index in [0.717, 1.165) is 33.7 Å². The molecule has 104 valence electrons. The first-order valence-electron chi connectivity index (χ1n) is 6.53. The standard InChI is InChI=1S/C15H16N2O3/c1-8-4-5-9(2)14-11(8)13-10(6-7-20-14)12(15(18)19)16-17(13)3/h4-5H,6-7H2,1-3H3,(H,18,19).